The van der Waals surface area contributed by atoms with Gasteiger partial charge >= 0.3 is 5.97 Å². The summed E-state index contributed by atoms with van der Waals surface area (Å²) < 4.78 is 9.53. The number of methoxy groups -OCH3 is 2. The third-order valence-corrected chi connectivity index (χ3v) is 3.31. The van der Waals surface area contributed by atoms with Crippen molar-refractivity contribution in [2.45, 2.75) is 0 Å². The molecule has 0 aliphatic carbocycles. The number of benzene rings is 1. The van der Waals surface area contributed by atoms with Crippen LogP contribution in [-0.4, -0.2) is 47.8 Å². The van der Waals surface area contributed by atoms with Crippen LogP contribution >= 0.6 is 12.2 Å². The van der Waals surface area contributed by atoms with E-state index in [1.165, 1.54) is 20.3 Å². The fraction of sp³-hybridized carbons (Fsp3) is 0.214. The maximum atomic E-state index is 12.2. The van der Waals surface area contributed by atoms with Crippen molar-refractivity contribution in [3.05, 3.63) is 29.5 Å². The summed E-state index contributed by atoms with van der Waals surface area (Å²) in [6.07, 6.45) is 1.55. The minimum Gasteiger partial charge on any atom is -0.504 e. The second kappa shape index (κ2) is 6.44. The largest absolute Gasteiger partial charge is 0.504 e. The second-order valence-electron chi connectivity index (χ2n) is 4.39. The fourth-order valence-corrected chi connectivity index (χ4v) is 2.12. The number of amides is 1. The maximum absolute atomic E-state index is 12.2. The molecule has 1 aromatic rings. The van der Waals surface area contributed by atoms with Crippen LogP contribution in [0.3, 0.4) is 0 Å². The lowest BCUT2D eigenvalue weighted by Crippen LogP contribution is -2.35. The van der Waals surface area contributed by atoms with Gasteiger partial charge in [0.1, 0.15) is 12.2 Å². The minimum absolute atomic E-state index is 0.00167. The number of rotatable bonds is 4. The highest BCUT2D eigenvalue weighted by molar-refractivity contribution is 7.80. The molecular formula is C14H14N2O5S. The highest BCUT2D eigenvalue weighted by Gasteiger charge is 2.32. The van der Waals surface area contributed by atoms with E-state index in [2.05, 4.69) is 10.1 Å². The van der Waals surface area contributed by atoms with Crippen molar-refractivity contribution in [2.24, 2.45) is 0 Å². The normalized spacial score (nSPS) is 15.9. The Hall–Kier alpha value is -2.61. The van der Waals surface area contributed by atoms with Crippen molar-refractivity contribution < 1.29 is 24.2 Å². The molecule has 0 saturated carbocycles. The molecule has 0 radical (unpaired) electrons. The molecule has 2 rings (SSSR count). The molecule has 1 aliphatic rings. The monoisotopic (exact) mass is 322 g/mol. The number of phenols is 1. The Kier molecular flexibility index (Phi) is 4.62. The molecule has 7 nitrogen and oxygen atoms in total. The van der Waals surface area contributed by atoms with E-state index in [0.29, 0.717) is 5.56 Å². The predicted molar refractivity (Wildman–Crippen MR) is 82.1 cm³/mol. The lowest BCUT2D eigenvalue weighted by atomic mass is 10.1. The molecule has 1 heterocycles. The van der Waals surface area contributed by atoms with Crippen LogP contribution in [0, 0.1) is 0 Å². The third-order valence-electron chi connectivity index (χ3n) is 2.99. The summed E-state index contributed by atoms with van der Waals surface area (Å²) in [7, 11) is 2.66. The number of hydrogen-bond acceptors (Lipinski definition) is 6. The van der Waals surface area contributed by atoms with Gasteiger partial charge in [0.25, 0.3) is 5.91 Å². The summed E-state index contributed by atoms with van der Waals surface area (Å²) in [5.74, 6) is -0.709. The molecule has 116 valence electrons. The molecule has 0 atom stereocenters. The Morgan fingerprint density at radius 1 is 1.45 bits per heavy atom. The third kappa shape index (κ3) is 3.17. The van der Waals surface area contributed by atoms with Gasteiger partial charge in [0.15, 0.2) is 16.6 Å². The summed E-state index contributed by atoms with van der Waals surface area (Å²) >= 11 is 5.03. The van der Waals surface area contributed by atoms with E-state index in [9.17, 15) is 14.7 Å². The molecule has 2 N–H and O–H groups in total. The molecule has 0 unspecified atom stereocenters. The van der Waals surface area contributed by atoms with Crippen molar-refractivity contribution in [3.8, 4) is 11.5 Å². The van der Waals surface area contributed by atoms with Gasteiger partial charge in [-0.25, -0.2) is 0 Å². The Bertz CT molecular complexity index is 671. The number of nitrogens with one attached hydrogen (secondary N) is 1. The van der Waals surface area contributed by atoms with Crippen LogP contribution in [0.2, 0.25) is 0 Å². The fourth-order valence-electron chi connectivity index (χ4n) is 1.86. The van der Waals surface area contributed by atoms with Gasteiger partial charge in [-0.2, -0.15) is 0 Å². The summed E-state index contributed by atoms with van der Waals surface area (Å²) in [4.78, 5) is 24.6. The predicted octanol–water partition coefficient (Wildman–Crippen LogP) is 0.631. The second-order valence-corrected chi connectivity index (χ2v) is 4.77. The average molecular weight is 322 g/mol. The number of esters is 1. The van der Waals surface area contributed by atoms with E-state index >= 15 is 0 Å². The standard InChI is InChI=1S/C14H14N2O5S/c1-20-11-6-8(3-4-10(11)17)5-9-13(19)16(14(22)15-9)7-12(18)21-2/h3-6,17H,7H2,1-2H3,(H,15,22)/b9-5-. The van der Waals surface area contributed by atoms with Crippen molar-refractivity contribution in [1.82, 2.24) is 10.2 Å². The number of ether oxygens (including phenoxy) is 2. The Balaban J connectivity index is 2.24. The first kappa shape index (κ1) is 15.8. The Labute approximate surface area is 132 Å². The summed E-state index contributed by atoms with van der Waals surface area (Å²) in [6, 6.07) is 4.64. The quantitative estimate of drug-likeness (QED) is 0.477. The SMILES string of the molecule is COC(=O)CN1C(=O)/C(=C/c2ccc(O)c(OC)c2)NC1=S. The van der Waals surface area contributed by atoms with Crippen LogP contribution in [0.4, 0.5) is 0 Å². The van der Waals surface area contributed by atoms with Crippen LogP contribution in [-0.2, 0) is 14.3 Å². The van der Waals surface area contributed by atoms with E-state index in [1.807, 2.05) is 0 Å². The van der Waals surface area contributed by atoms with E-state index < -0.39 is 11.9 Å². The number of thiocarbonyl (C=S) groups is 1. The molecule has 1 amide bonds. The summed E-state index contributed by atoms with van der Waals surface area (Å²) in [6.45, 7) is -0.253. The van der Waals surface area contributed by atoms with Gasteiger partial charge in [-0.05, 0) is 36.0 Å². The Morgan fingerprint density at radius 2 is 2.18 bits per heavy atom. The van der Waals surface area contributed by atoms with Crippen LogP contribution in [0.25, 0.3) is 6.08 Å². The minimum atomic E-state index is -0.565. The van der Waals surface area contributed by atoms with E-state index in [0.717, 1.165) is 4.90 Å². The van der Waals surface area contributed by atoms with Crippen molar-refractivity contribution in [3.63, 3.8) is 0 Å². The van der Waals surface area contributed by atoms with Crippen molar-refractivity contribution in [1.29, 1.82) is 0 Å². The number of carbonyl (C=O) groups is 2. The number of hydrogen-bond donors (Lipinski definition) is 2. The molecule has 8 heteroatoms. The lowest BCUT2D eigenvalue weighted by molar-refractivity contribution is -0.143. The van der Waals surface area contributed by atoms with E-state index in [1.54, 1.807) is 18.2 Å². The first-order chi connectivity index (χ1) is 10.5. The number of carbonyl (C=O) groups excluding carboxylic acids is 2. The molecule has 1 saturated heterocycles. The highest BCUT2D eigenvalue weighted by Crippen LogP contribution is 2.27. The van der Waals surface area contributed by atoms with Gasteiger partial charge in [-0.15, -0.1) is 0 Å². The number of aromatic hydroxyl groups is 1. The zero-order valence-corrected chi connectivity index (χ0v) is 12.8. The molecule has 0 bridgehead atoms. The van der Waals surface area contributed by atoms with Crippen LogP contribution in [0.1, 0.15) is 5.56 Å². The molecule has 0 spiro atoms. The van der Waals surface area contributed by atoms with Crippen LogP contribution in [0.15, 0.2) is 23.9 Å². The molecular weight excluding hydrogens is 308 g/mol. The molecule has 0 aromatic heterocycles. The first-order valence-electron chi connectivity index (χ1n) is 6.24. The van der Waals surface area contributed by atoms with Gasteiger partial charge in [0.2, 0.25) is 0 Å². The van der Waals surface area contributed by atoms with Gasteiger partial charge in [-0.1, -0.05) is 6.07 Å². The number of nitrogens with zero attached hydrogens (tertiary/aromatic N) is 1. The highest BCUT2D eigenvalue weighted by atomic mass is 32.1. The maximum Gasteiger partial charge on any atom is 0.325 e. The topological polar surface area (TPSA) is 88.1 Å². The van der Waals surface area contributed by atoms with E-state index in [-0.39, 0.29) is 28.9 Å². The van der Waals surface area contributed by atoms with Crippen molar-refractivity contribution in [2.75, 3.05) is 20.8 Å². The van der Waals surface area contributed by atoms with Crippen molar-refractivity contribution >= 4 is 35.3 Å². The zero-order valence-electron chi connectivity index (χ0n) is 12.0. The molecule has 1 aromatic carbocycles. The first-order valence-corrected chi connectivity index (χ1v) is 6.65. The van der Waals surface area contributed by atoms with Gasteiger partial charge in [0.05, 0.1) is 14.2 Å². The van der Waals surface area contributed by atoms with Gasteiger partial charge in [-0.3, -0.25) is 14.5 Å². The van der Waals surface area contributed by atoms with Gasteiger partial charge < -0.3 is 19.9 Å². The average Bonchev–Trinajstić information content (AvgIpc) is 2.76. The molecule has 1 fully saturated rings. The number of phenolic OH excluding ortho intramolecular Hbond substituents is 1. The zero-order chi connectivity index (χ0) is 16.3. The molecule has 22 heavy (non-hydrogen) atoms. The van der Waals surface area contributed by atoms with Crippen LogP contribution in [0.5, 0.6) is 11.5 Å². The summed E-state index contributed by atoms with van der Waals surface area (Å²) in [5, 5.41) is 12.4. The molecule has 1 aliphatic heterocycles. The van der Waals surface area contributed by atoms with Crippen LogP contribution < -0.4 is 10.1 Å². The summed E-state index contributed by atoms with van der Waals surface area (Å²) in [5.41, 5.74) is 0.856. The lowest BCUT2D eigenvalue weighted by Gasteiger charge is -2.11. The Morgan fingerprint density at radius 3 is 2.82 bits per heavy atom. The smallest absolute Gasteiger partial charge is 0.325 e. The van der Waals surface area contributed by atoms with E-state index in [4.69, 9.17) is 17.0 Å². The van der Waals surface area contributed by atoms with Gasteiger partial charge in [0, 0.05) is 0 Å².